The van der Waals surface area contributed by atoms with Gasteiger partial charge < -0.3 is 19.5 Å². The van der Waals surface area contributed by atoms with Crippen LogP contribution in [0.25, 0.3) is 28.0 Å². The Morgan fingerprint density at radius 2 is 1.81 bits per heavy atom. The molecule has 220 valence electrons. The average Bonchev–Trinajstić information content (AvgIpc) is 3.41. The Morgan fingerprint density at radius 1 is 1.02 bits per heavy atom. The van der Waals surface area contributed by atoms with Gasteiger partial charge in [0, 0.05) is 48.1 Å². The lowest BCUT2D eigenvalue weighted by molar-refractivity contribution is -0.136. The number of ether oxygens (including phenoxy) is 2. The monoisotopic (exact) mass is 568 g/mol. The molecule has 3 aliphatic heterocycles. The Bertz CT molecular complexity index is 1600. The summed E-state index contributed by atoms with van der Waals surface area (Å²) in [4.78, 5) is 19.0. The summed E-state index contributed by atoms with van der Waals surface area (Å²) in [6, 6.07) is 16.9. The fourth-order valence-corrected chi connectivity index (χ4v) is 6.17. The molecule has 0 amide bonds. The predicted molar refractivity (Wildman–Crippen MR) is 164 cm³/mol. The number of piperidine rings is 1. The Labute approximate surface area is 247 Å². The van der Waals surface area contributed by atoms with Gasteiger partial charge >= 0.3 is 5.97 Å². The van der Waals surface area contributed by atoms with Crippen LogP contribution in [0.15, 0.2) is 48.5 Å². The summed E-state index contributed by atoms with van der Waals surface area (Å²) >= 11 is 0. The van der Waals surface area contributed by atoms with E-state index in [0.717, 1.165) is 97.9 Å². The van der Waals surface area contributed by atoms with Crippen molar-refractivity contribution in [1.82, 2.24) is 14.6 Å². The highest BCUT2D eigenvalue weighted by atomic mass is 16.5. The van der Waals surface area contributed by atoms with Crippen LogP contribution in [0.3, 0.4) is 0 Å². The van der Waals surface area contributed by atoms with Gasteiger partial charge in [-0.3, -0.25) is 4.79 Å². The highest BCUT2D eigenvalue weighted by molar-refractivity contribution is 5.78. The Morgan fingerprint density at radius 3 is 2.60 bits per heavy atom. The van der Waals surface area contributed by atoms with Crippen LogP contribution >= 0.6 is 0 Å². The maximum atomic E-state index is 11.9. The van der Waals surface area contributed by atoms with E-state index in [0.29, 0.717) is 17.8 Å². The van der Waals surface area contributed by atoms with Crippen LogP contribution in [0.1, 0.15) is 62.8 Å². The number of carboxylic acids is 1. The van der Waals surface area contributed by atoms with Crippen LogP contribution in [0.4, 0.5) is 5.82 Å². The molecule has 0 aliphatic carbocycles. The number of anilines is 1. The number of aliphatic carboxylic acids is 1. The minimum absolute atomic E-state index is 0.102. The van der Waals surface area contributed by atoms with Crippen LogP contribution in [-0.2, 0) is 22.4 Å². The minimum atomic E-state index is -0.875. The Hall–Kier alpha value is -3.91. The second-order valence-electron chi connectivity index (χ2n) is 11.8. The molecule has 1 saturated heterocycles. The summed E-state index contributed by atoms with van der Waals surface area (Å²) in [5, 5.41) is 14.8. The Kier molecular flexibility index (Phi) is 7.90. The lowest BCUT2D eigenvalue weighted by atomic mass is 9.92. The molecule has 0 saturated carbocycles. The molecule has 5 heterocycles. The van der Waals surface area contributed by atoms with E-state index in [1.807, 2.05) is 17.5 Å². The first-order valence-corrected chi connectivity index (χ1v) is 15.2. The van der Waals surface area contributed by atoms with E-state index in [-0.39, 0.29) is 12.0 Å². The summed E-state index contributed by atoms with van der Waals surface area (Å²) in [5.74, 6) is 0.838. The molecule has 4 aromatic rings. The molecule has 0 unspecified atom stereocenters. The molecule has 1 N–H and O–H groups in total. The largest absolute Gasteiger partial charge is 0.493 e. The molecule has 2 aromatic carbocycles. The molecule has 7 rings (SSSR count). The van der Waals surface area contributed by atoms with Gasteiger partial charge in [0.2, 0.25) is 0 Å². The highest BCUT2D eigenvalue weighted by Crippen LogP contribution is 2.36. The van der Waals surface area contributed by atoms with Gasteiger partial charge in [0.25, 0.3) is 0 Å². The quantitative estimate of drug-likeness (QED) is 0.302. The molecule has 8 heteroatoms. The van der Waals surface area contributed by atoms with E-state index >= 15 is 0 Å². The third-order valence-corrected chi connectivity index (χ3v) is 8.75. The summed E-state index contributed by atoms with van der Waals surface area (Å²) in [6.45, 7) is 9.18. The third-order valence-electron chi connectivity index (χ3n) is 8.75. The average molecular weight is 569 g/mol. The van der Waals surface area contributed by atoms with E-state index < -0.39 is 5.97 Å². The van der Waals surface area contributed by atoms with Gasteiger partial charge in [0.1, 0.15) is 11.6 Å². The van der Waals surface area contributed by atoms with Crippen molar-refractivity contribution >= 4 is 17.4 Å². The van der Waals surface area contributed by atoms with E-state index in [1.54, 1.807) is 0 Å². The number of carbonyl (C=O) groups is 1. The van der Waals surface area contributed by atoms with Crippen LogP contribution in [0.5, 0.6) is 5.75 Å². The van der Waals surface area contributed by atoms with Gasteiger partial charge in [-0.2, -0.15) is 9.61 Å². The van der Waals surface area contributed by atoms with Crippen molar-refractivity contribution < 1.29 is 19.4 Å². The van der Waals surface area contributed by atoms with Gasteiger partial charge in [0.15, 0.2) is 5.65 Å². The second kappa shape index (κ2) is 11.8. The van der Waals surface area contributed by atoms with Gasteiger partial charge in [-0.05, 0) is 81.7 Å². The molecule has 2 aromatic heterocycles. The van der Waals surface area contributed by atoms with E-state index in [1.165, 1.54) is 5.56 Å². The standard InChI is InChI=1S/C34H40N4O4/c1-4-24-11-12-30-28(19-24)25-9-8-10-26(20-25)29-22-31-35-23(2)27(21-32(39)40)33(38(31)36-29)37-15-13-34(3,14-16-37)42-18-7-5-6-17-41-30/h8-12,19-20,22H,4-7,13-18,21H2,1-3H3,(H,39,40). The summed E-state index contributed by atoms with van der Waals surface area (Å²) < 4.78 is 14.6. The molecule has 6 bridgehead atoms. The first-order valence-electron chi connectivity index (χ1n) is 15.2. The SMILES string of the molecule is CCc1ccc2c(c1)-c1cccc(c1)-c1cc3nc(C)c(CC(=O)O)c(n3n1)N1CCC(C)(CC1)OCCCCCO2. The number of fused-ring (bicyclic) bond motifs is 8. The summed E-state index contributed by atoms with van der Waals surface area (Å²) in [7, 11) is 0. The maximum absolute atomic E-state index is 11.9. The topological polar surface area (TPSA) is 89.2 Å². The van der Waals surface area contributed by atoms with Crippen LogP contribution in [-0.4, -0.2) is 57.6 Å². The number of carboxylic acid groups (broad SMARTS) is 1. The second-order valence-corrected chi connectivity index (χ2v) is 11.8. The highest BCUT2D eigenvalue weighted by Gasteiger charge is 2.33. The zero-order chi connectivity index (χ0) is 29.3. The summed E-state index contributed by atoms with van der Waals surface area (Å²) in [6.07, 6.45) is 5.58. The third kappa shape index (κ3) is 5.73. The molecule has 42 heavy (non-hydrogen) atoms. The zero-order valence-corrected chi connectivity index (χ0v) is 24.9. The molecule has 0 atom stereocenters. The lowest BCUT2D eigenvalue weighted by Crippen LogP contribution is -2.45. The number of hydrogen-bond donors (Lipinski definition) is 1. The first kappa shape index (κ1) is 28.2. The van der Waals surface area contributed by atoms with Gasteiger partial charge in [0.05, 0.1) is 24.3 Å². The predicted octanol–water partition coefficient (Wildman–Crippen LogP) is 6.50. The van der Waals surface area contributed by atoms with Crippen molar-refractivity contribution in [1.29, 1.82) is 0 Å². The molecule has 8 nitrogen and oxygen atoms in total. The number of aromatic nitrogens is 3. The van der Waals surface area contributed by atoms with Crippen molar-refractivity contribution in [2.75, 3.05) is 31.2 Å². The van der Waals surface area contributed by atoms with Gasteiger partial charge in [-0.1, -0.05) is 31.2 Å². The minimum Gasteiger partial charge on any atom is -0.493 e. The van der Waals surface area contributed by atoms with Gasteiger partial charge in [-0.15, -0.1) is 0 Å². The normalized spacial score (nSPS) is 17.2. The number of aryl methyl sites for hydroxylation is 2. The number of benzene rings is 2. The van der Waals surface area contributed by atoms with Crippen molar-refractivity contribution in [2.45, 2.75) is 71.3 Å². The number of nitrogens with zero attached hydrogens (tertiary/aromatic N) is 4. The van der Waals surface area contributed by atoms with Crippen molar-refractivity contribution in [3.8, 4) is 28.1 Å². The lowest BCUT2D eigenvalue weighted by Gasteiger charge is -2.41. The molecule has 0 spiro atoms. The number of rotatable bonds is 3. The van der Waals surface area contributed by atoms with E-state index in [2.05, 4.69) is 61.2 Å². The van der Waals surface area contributed by atoms with Crippen molar-refractivity contribution in [3.63, 3.8) is 0 Å². The fraction of sp³-hybridized carbons (Fsp3) is 0.441. The molecular weight excluding hydrogens is 528 g/mol. The smallest absolute Gasteiger partial charge is 0.308 e. The van der Waals surface area contributed by atoms with Crippen molar-refractivity contribution in [3.05, 3.63) is 65.4 Å². The number of hydrogen-bond acceptors (Lipinski definition) is 6. The van der Waals surface area contributed by atoms with E-state index in [4.69, 9.17) is 19.6 Å². The van der Waals surface area contributed by atoms with Gasteiger partial charge in [-0.25, -0.2) is 4.98 Å². The van der Waals surface area contributed by atoms with Crippen LogP contribution in [0.2, 0.25) is 0 Å². The molecule has 1 fully saturated rings. The molecular formula is C34H40N4O4. The molecule has 3 aliphatic rings. The molecule has 0 radical (unpaired) electrons. The van der Waals surface area contributed by atoms with Crippen LogP contribution in [0, 0.1) is 6.92 Å². The Balaban J connectivity index is 1.49. The van der Waals surface area contributed by atoms with E-state index in [9.17, 15) is 9.90 Å². The van der Waals surface area contributed by atoms with Crippen LogP contribution < -0.4 is 9.64 Å². The maximum Gasteiger partial charge on any atom is 0.308 e. The zero-order valence-electron chi connectivity index (χ0n) is 24.9. The van der Waals surface area contributed by atoms with Crippen molar-refractivity contribution in [2.24, 2.45) is 0 Å². The first-order chi connectivity index (χ1) is 20.3. The summed E-state index contributed by atoms with van der Waals surface area (Å²) in [5.41, 5.74) is 7.13. The fourth-order valence-electron chi connectivity index (χ4n) is 6.17.